The summed E-state index contributed by atoms with van der Waals surface area (Å²) in [6.07, 6.45) is 1.27. The van der Waals surface area contributed by atoms with Crippen molar-refractivity contribution in [3.8, 4) is 0 Å². The molecule has 1 amide bonds. The van der Waals surface area contributed by atoms with Gasteiger partial charge < -0.3 is 5.32 Å². The van der Waals surface area contributed by atoms with Crippen LogP contribution in [-0.4, -0.2) is 24.3 Å². The molecular formula is C19H18FN3O3S. The Morgan fingerprint density at radius 3 is 2.52 bits per heavy atom. The van der Waals surface area contributed by atoms with Gasteiger partial charge in [0.05, 0.1) is 17.8 Å². The van der Waals surface area contributed by atoms with Crippen LogP contribution in [0.5, 0.6) is 0 Å². The maximum absolute atomic E-state index is 13.4. The maximum Gasteiger partial charge on any atom is 0.344 e. The molecule has 0 saturated heterocycles. The molecule has 0 aromatic heterocycles. The minimum atomic E-state index is -3.91. The van der Waals surface area contributed by atoms with E-state index in [0.717, 1.165) is 9.87 Å². The standard InChI is InChI=1S/C19H18FN3O3S/c1-13-10-16(8-9-18(13)20)21-19(24)17-12-23(27(25,26)22-14(17)2)11-15-6-4-3-5-7-15/h3-10,12H,11H2,1-2H3,(H,21,24). The summed E-state index contributed by atoms with van der Waals surface area (Å²) in [7, 11) is -3.91. The molecule has 6 nitrogen and oxygen atoms in total. The Labute approximate surface area is 157 Å². The molecule has 0 fully saturated rings. The zero-order valence-electron chi connectivity index (χ0n) is 14.8. The first-order chi connectivity index (χ1) is 12.8. The number of rotatable bonds is 4. The molecular weight excluding hydrogens is 369 g/mol. The summed E-state index contributed by atoms with van der Waals surface area (Å²) >= 11 is 0. The lowest BCUT2D eigenvalue weighted by atomic mass is 10.1. The first-order valence-corrected chi connectivity index (χ1v) is 9.58. The van der Waals surface area contributed by atoms with Crippen LogP contribution in [0.1, 0.15) is 18.1 Å². The highest BCUT2D eigenvalue weighted by atomic mass is 32.2. The normalized spacial score (nSPS) is 15.7. The van der Waals surface area contributed by atoms with Crippen molar-refractivity contribution in [1.82, 2.24) is 4.31 Å². The molecule has 8 heteroatoms. The van der Waals surface area contributed by atoms with Gasteiger partial charge in [-0.05, 0) is 43.2 Å². The molecule has 0 radical (unpaired) electrons. The van der Waals surface area contributed by atoms with E-state index in [1.54, 1.807) is 31.2 Å². The highest BCUT2D eigenvalue weighted by molar-refractivity contribution is 7.88. The lowest BCUT2D eigenvalue weighted by Gasteiger charge is -2.23. The molecule has 2 aromatic rings. The highest BCUT2D eigenvalue weighted by Gasteiger charge is 2.28. The summed E-state index contributed by atoms with van der Waals surface area (Å²) in [4.78, 5) is 12.6. The lowest BCUT2D eigenvalue weighted by Crippen LogP contribution is -2.32. The molecule has 1 aliphatic rings. The lowest BCUT2D eigenvalue weighted by molar-refractivity contribution is -0.112. The van der Waals surface area contributed by atoms with Crippen molar-refractivity contribution in [2.24, 2.45) is 4.40 Å². The Hall–Kier alpha value is -3.00. The van der Waals surface area contributed by atoms with Crippen molar-refractivity contribution >= 4 is 27.5 Å². The van der Waals surface area contributed by atoms with E-state index in [4.69, 9.17) is 0 Å². The molecule has 140 valence electrons. The second kappa shape index (κ2) is 7.32. The second-order valence-electron chi connectivity index (χ2n) is 6.15. The molecule has 1 N–H and O–H groups in total. The van der Waals surface area contributed by atoms with Gasteiger partial charge in [0.1, 0.15) is 5.82 Å². The van der Waals surface area contributed by atoms with Gasteiger partial charge >= 0.3 is 10.2 Å². The quantitative estimate of drug-likeness (QED) is 0.875. The van der Waals surface area contributed by atoms with Crippen molar-refractivity contribution in [3.05, 3.63) is 77.2 Å². The van der Waals surface area contributed by atoms with Crippen molar-refractivity contribution in [2.45, 2.75) is 20.4 Å². The Morgan fingerprint density at radius 1 is 1.15 bits per heavy atom. The Balaban J connectivity index is 1.87. The third kappa shape index (κ3) is 4.22. The summed E-state index contributed by atoms with van der Waals surface area (Å²) in [5, 5.41) is 2.65. The molecule has 1 aliphatic heterocycles. The van der Waals surface area contributed by atoms with Crippen molar-refractivity contribution < 1.29 is 17.6 Å². The fourth-order valence-electron chi connectivity index (χ4n) is 2.61. The summed E-state index contributed by atoms with van der Waals surface area (Å²) in [5.41, 5.74) is 1.79. The number of benzene rings is 2. The molecule has 27 heavy (non-hydrogen) atoms. The van der Waals surface area contributed by atoms with Gasteiger partial charge in [0.15, 0.2) is 0 Å². The monoisotopic (exact) mass is 387 g/mol. The van der Waals surface area contributed by atoms with E-state index >= 15 is 0 Å². The molecule has 0 saturated carbocycles. The molecule has 0 atom stereocenters. The van der Waals surface area contributed by atoms with E-state index in [2.05, 4.69) is 9.71 Å². The predicted octanol–water partition coefficient (Wildman–Crippen LogP) is 3.18. The number of anilines is 1. The van der Waals surface area contributed by atoms with Crippen LogP contribution < -0.4 is 5.32 Å². The molecule has 0 aliphatic carbocycles. The van der Waals surface area contributed by atoms with E-state index in [-0.39, 0.29) is 23.6 Å². The van der Waals surface area contributed by atoms with Gasteiger partial charge in [-0.2, -0.15) is 8.42 Å². The summed E-state index contributed by atoms with van der Waals surface area (Å²) in [5.74, 6) is -0.891. The molecule has 0 spiro atoms. The van der Waals surface area contributed by atoms with E-state index < -0.39 is 16.1 Å². The van der Waals surface area contributed by atoms with E-state index in [9.17, 15) is 17.6 Å². The van der Waals surface area contributed by atoms with Crippen LogP contribution >= 0.6 is 0 Å². The number of hydrogen-bond donors (Lipinski definition) is 1. The van der Waals surface area contributed by atoms with Crippen molar-refractivity contribution in [3.63, 3.8) is 0 Å². The molecule has 1 heterocycles. The van der Waals surface area contributed by atoms with E-state index in [1.807, 2.05) is 6.07 Å². The number of halogens is 1. The smallest absolute Gasteiger partial charge is 0.322 e. The zero-order chi connectivity index (χ0) is 19.6. The number of carbonyl (C=O) groups excluding carboxylic acids is 1. The zero-order valence-corrected chi connectivity index (χ0v) is 15.6. The fraction of sp³-hybridized carbons (Fsp3) is 0.158. The van der Waals surface area contributed by atoms with Crippen LogP contribution in [0.2, 0.25) is 0 Å². The topological polar surface area (TPSA) is 78.8 Å². The molecule has 0 unspecified atom stereocenters. The second-order valence-corrected chi connectivity index (χ2v) is 7.69. The maximum atomic E-state index is 13.4. The average Bonchev–Trinajstić information content (AvgIpc) is 2.61. The summed E-state index contributed by atoms with van der Waals surface area (Å²) in [6.45, 7) is 3.11. The van der Waals surface area contributed by atoms with Crippen LogP contribution in [0, 0.1) is 12.7 Å². The Morgan fingerprint density at radius 2 is 1.85 bits per heavy atom. The van der Waals surface area contributed by atoms with Gasteiger partial charge in [-0.3, -0.25) is 9.10 Å². The minimum absolute atomic E-state index is 0.0619. The van der Waals surface area contributed by atoms with Crippen LogP contribution in [-0.2, 0) is 21.5 Å². The van der Waals surface area contributed by atoms with Crippen LogP contribution in [0.4, 0.5) is 10.1 Å². The molecule has 0 bridgehead atoms. The average molecular weight is 387 g/mol. The number of aryl methyl sites for hydroxylation is 1. The van der Waals surface area contributed by atoms with Crippen molar-refractivity contribution in [1.29, 1.82) is 0 Å². The first kappa shape index (κ1) is 18.8. The molecule has 2 aromatic carbocycles. The van der Waals surface area contributed by atoms with Gasteiger partial charge in [-0.1, -0.05) is 30.3 Å². The largest absolute Gasteiger partial charge is 0.344 e. The number of hydrogen-bond acceptors (Lipinski definition) is 3. The highest BCUT2D eigenvalue weighted by Crippen LogP contribution is 2.21. The number of amides is 1. The molecule has 3 rings (SSSR count). The van der Waals surface area contributed by atoms with Gasteiger partial charge in [0, 0.05) is 11.9 Å². The fourth-order valence-corrected chi connectivity index (χ4v) is 3.71. The number of carbonyl (C=O) groups is 1. The van der Waals surface area contributed by atoms with Gasteiger partial charge in [-0.25, -0.2) is 4.39 Å². The van der Waals surface area contributed by atoms with Gasteiger partial charge in [-0.15, -0.1) is 4.40 Å². The number of nitrogens with one attached hydrogen (secondary N) is 1. The number of nitrogens with zero attached hydrogens (tertiary/aromatic N) is 2. The van der Waals surface area contributed by atoms with E-state index in [0.29, 0.717) is 11.3 Å². The minimum Gasteiger partial charge on any atom is -0.322 e. The van der Waals surface area contributed by atoms with Gasteiger partial charge in [0.2, 0.25) is 0 Å². The Kier molecular flexibility index (Phi) is 5.09. The predicted molar refractivity (Wildman–Crippen MR) is 102 cm³/mol. The van der Waals surface area contributed by atoms with Crippen LogP contribution in [0.15, 0.2) is 64.7 Å². The van der Waals surface area contributed by atoms with Crippen LogP contribution in [0.25, 0.3) is 0 Å². The third-order valence-electron chi connectivity index (χ3n) is 4.05. The third-order valence-corrected chi connectivity index (χ3v) is 5.38. The summed E-state index contributed by atoms with van der Waals surface area (Å²) < 4.78 is 42.8. The Bertz CT molecular complexity index is 1050. The summed E-state index contributed by atoms with van der Waals surface area (Å²) in [6, 6.07) is 13.2. The SMILES string of the molecule is CC1=NS(=O)(=O)N(Cc2ccccc2)C=C1C(=O)Nc1ccc(F)c(C)c1. The first-order valence-electron chi connectivity index (χ1n) is 8.18. The van der Waals surface area contributed by atoms with Crippen molar-refractivity contribution in [2.75, 3.05) is 5.32 Å². The van der Waals surface area contributed by atoms with Crippen LogP contribution in [0.3, 0.4) is 0 Å². The van der Waals surface area contributed by atoms with E-state index in [1.165, 1.54) is 31.3 Å². The van der Waals surface area contributed by atoms with Gasteiger partial charge in [0.25, 0.3) is 5.91 Å².